The Hall–Kier alpha value is -1.96. The summed E-state index contributed by atoms with van der Waals surface area (Å²) in [5, 5.41) is 0.732. The number of likely N-dealkylation sites (tertiary alicyclic amines) is 1. The maximum Gasteiger partial charge on any atom is 0.573 e. The third-order valence-corrected chi connectivity index (χ3v) is 4.99. The largest absolute Gasteiger partial charge is 0.573 e. The van der Waals surface area contributed by atoms with Gasteiger partial charge >= 0.3 is 6.36 Å². The fraction of sp³-hybridized carbons (Fsp3) is 0.350. The second-order valence-electron chi connectivity index (χ2n) is 6.65. The summed E-state index contributed by atoms with van der Waals surface area (Å²) >= 11 is 12.0. The summed E-state index contributed by atoms with van der Waals surface area (Å²) in [4.78, 5) is 14.4. The van der Waals surface area contributed by atoms with Gasteiger partial charge in [-0.3, -0.25) is 4.79 Å². The number of hydrogen-bond donors (Lipinski definition) is 0. The third-order valence-electron chi connectivity index (χ3n) is 4.44. The highest BCUT2D eigenvalue weighted by Crippen LogP contribution is 2.26. The average molecular weight is 448 g/mol. The zero-order valence-corrected chi connectivity index (χ0v) is 16.7. The Balaban J connectivity index is 1.59. The van der Waals surface area contributed by atoms with Crippen LogP contribution >= 0.6 is 23.2 Å². The minimum absolute atomic E-state index is 0.115. The molecule has 0 spiro atoms. The molecule has 0 radical (unpaired) electrons. The maximum atomic E-state index is 12.7. The first kappa shape index (κ1) is 21.7. The molecule has 0 aromatic heterocycles. The molecule has 1 aliphatic rings. The van der Waals surface area contributed by atoms with E-state index in [0.29, 0.717) is 29.2 Å². The lowest BCUT2D eigenvalue weighted by Gasteiger charge is -2.33. The highest BCUT2D eigenvalue weighted by molar-refractivity contribution is 6.36. The predicted molar refractivity (Wildman–Crippen MR) is 103 cm³/mol. The molecule has 0 aliphatic carbocycles. The van der Waals surface area contributed by atoms with Crippen molar-refractivity contribution in [1.82, 2.24) is 4.90 Å². The van der Waals surface area contributed by atoms with Gasteiger partial charge in [0.2, 0.25) is 0 Å². The summed E-state index contributed by atoms with van der Waals surface area (Å²) in [6, 6.07) is 10.4. The minimum atomic E-state index is -4.74. The summed E-state index contributed by atoms with van der Waals surface area (Å²) in [6.45, 7) is 1.06. The SMILES string of the molecule is O=C(c1ccc(Cl)cc1Cl)N1CCCC(OCc2cccc(OC(F)(F)F)c2)C1. The molecule has 1 amide bonds. The quantitative estimate of drug-likeness (QED) is 0.588. The Kier molecular flexibility index (Phi) is 6.93. The normalized spacial score (nSPS) is 17.3. The number of halogens is 5. The van der Waals surface area contributed by atoms with Crippen molar-refractivity contribution in [1.29, 1.82) is 0 Å². The summed E-state index contributed by atoms with van der Waals surface area (Å²) in [5.41, 5.74) is 0.921. The van der Waals surface area contributed by atoms with E-state index < -0.39 is 6.36 Å². The van der Waals surface area contributed by atoms with Crippen LogP contribution in [0.3, 0.4) is 0 Å². The van der Waals surface area contributed by atoms with Crippen LogP contribution in [0.15, 0.2) is 42.5 Å². The van der Waals surface area contributed by atoms with Crippen molar-refractivity contribution >= 4 is 29.1 Å². The van der Waals surface area contributed by atoms with Crippen LogP contribution in [-0.2, 0) is 11.3 Å². The third kappa shape index (κ3) is 6.26. The fourth-order valence-electron chi connectivity index (χ4n) is 3.14. The number of benzene rings is 2. The Morgan fingerprint density at radius 3 is 2.69 bits per heavy atom. The van der Waals surface area contributed by atoms with Crippen molar-refractivity contribution in [3.63, 3.8) is 0 Å². The molecule has 29 heavy (non-hydrogen) atoms. The second-order valence-corrected chi connectivity index (χ2v) is 7.49. The molecule has 2 aromatic rings. The van der Waals surface area contributed by atoms with Gasteiger partial charge in [0.15, 0.2) is 0 Å². The van der Waals surface area contributed by atoms with Crippen molar-refractivity contribution in [2.75, 3.05) is 13.1 Å². The standard InChI is InChI=1S/C20H18Cl2F3NO3/c21-14-6-7-17(18(22)10-14)19(27)26-8-2-5-16(11-26)28-12-13-3-1-4-15(9-13)29-20(23,24)25/h1,3-4,6-7,9-10,16H,2,5,8,11-12H2. The molecule has 9 heteroatoms. The van der Waals surface area contributed by atoms with Crippen LogP contribution in [0, 0.1) is 0 Å². The molecule has 1 fully saturated rings. The monoisotopic (exact) mass is 447 g/mol. The molecular weight excluding hydrogens is 430 g/mol. The van der Waals surface area contributed by atoms with E-state index in [1.165, 1.54) is 24.3 Å². The van der Waals surface area contributed by atoms with E-state index >= 15 is 0 Å². The summed E-state index contributed by atoms with van der Waals surface area (Å²) in [5.74, 6) is -0.503. The number of rotatable bonds is 5. The van der Waals surface area contributed by atoms with Crippen molar-refractivity contribution in [3.05, 3.63) is 63.6 Å². The molecule has 156 valence electrons. The molecule has 2 aromatic carbocycles. The number of alkyl halides is 3. The van der Waals surface area contributed by atoms with Crippen molar-refractivity contribution in [2.45, 2.75) is 31.9 Å². The molecule has 1 saturated heterocycles. The smallest absolute Gasteiger partial charge is 0.406 e. The summed E-state index contributed by atoms with van der Waals surface area (Å²) < 4.78 is 46.8. The van der Waals surface area contributed by atoms with E-state index in [4.69, 9.17) is 27.9 Å². The van der Waals surface area contributed by atoms with Crippen molar-refractivity contribution < 1.29 is 27.4 Å². The Bertz CT molecular complexity index is 876. The van der Waals surface area contributed by atoms with E-state index in [2.05, 4.69) is 4.74 Å². The zero-order valence-electron chi connectivity index (χ0n) is 15.2. The highest BCUT2D eigenvalue weighted by Gasteiger charge is 2.31. The molecule has 4 nitrogen and oxygen atoms in total. The number of piperidine rings is 1. The van der Waals surface area contributed by atoms with Gasteiger partial charge in [-0.1, -0.05) is 35.3 Å². The molecule has 1 heterocycles. The van der Waals surface area contributed by atoms with Crippen LogP contribution in [0.4, 0.5) is 13.2 Å². The summed E-state index contributed by atoms with van der Waals surface area (Å²) in [7, 11) is 0. The van der Waals surface area contributed by atoms with E-state index in [9.17, 15) is 18.0 Å². The molecule has 0 N–H and O–H groups in total. The fourth-order valence-corrected chi connectivity index (χ4v) is 3.63. The van der Waals surface area contributed by atoms with Crippen LogP contribution in [0.2, 0.25) is 10.0 Å². The van der Waals surface area contributed by atoms with Gasteiger partial charge in [-0.25, -0.2) is 0 Å². The Morgan fingerprint density at radius 1 is 1.17 bits per heavy atom. The van der Waals surface area contributed by atoms with Crippen LogP contribution < -0.4 is 4.74 Å². The van der Waals surface area contributed by atoms with Gasteiger partial charge in [0.25, 0.3) is 5.91 Å². The van der Waals surface area contributed by atoms with Crippen LogP contribution in [-0.4, -0.2) is 36.4 Å². The van der Waals surface area contributed by atoms with E-state index in [1.54, 1.807) is 23.1 Å². The van der Waals surface area contributed by atoms with Gasteiger partial charge in [0.05, 0.1) is 23.3 Å². The number of amides is 1. The van der Waals surface area contributed by atoms with Crippen LogP contribution in [0.5, 0.6) is 5.75 Å². The summed E-state index contributed by atoms with van der Waals surface area (Å²) in [6.07, 6.45) is -3.48. The minimum Gasteiger partial charge on any atom is -0.406 e. The zero-order chi connectivity index (χ0) is 21.0. The van der Waals surface area contributed by atoms with E-state index in [-0.39, 0.29) is 29.4 Å². The predicted octanol–water partition coefficient (Wildman–Crippen LogP) is 5.71. The topological polar surface area (TPSA) is 38.8 Å². The molecule has 0 saturated carbocycles. The number of nitrogens with zero attached hydrogens (tertiary/aromatic N) is 1. The van der Waals surface area contributed by atoms with Crippen LogP contribution in [0.1, 0.15) is 28.8 Å². The van der Waals surface area contributed by atoms with E-state index in [0.717, 1.165) is 12.8 Å². The number of carbonyl (C=O) groups is 1. The molecular formula is C20H18Cl2F3NO3. The second kappa shape index (κ2) is 9.24. The first-order chi connectivity index (χ1) is 13.7. The lowest BCUT2D eigenvalue weighted by Crippen LogP contribution is -2.43. The van der Waals surface area contributed by atoms with Gasteiger partial charge in [0, 0.05) is 18.1 Å². The first-order valence-corrected chi connectivity index (χ1v) is 9.67. The van der Waals surface area contributed by atoms with Gasteiger partial charge < -0.3 is 14.4 Å². The number of ether oxygens (including phenoxy) is 2. The lowest BCUT2D eigenvalue weighted by atomic mass is 10.1. The van der Waals surface area contributed by atoms with Gasteiger partial charge in [0.1, 0.15) is 5.75 Å². The van der Waals surface area contributed by atoms with Crippen molar-refractivity contribution in [2.24, 2.45) is 0 Å². The van der Waals surface area contributed by atoms with E-state index in [1.807, 2.05) is 0 Å². The molecule has 3 rings (SSSR count). The average Bonchev–Trinajstić information content (AvgIpc) is 2.65. The van der Waals surface area contributed by atoms with Crippen LogP contribution in [0.25, 0.3) is 0 Å². The highest BCUT2D eigenvalue weighted by atomic mass is 35.5. The van der Waals surface area contributed by atoms with Gasteiger partial charge in [-0.05, 0) is 48.7 Å². The molecule has 1 aliphatic heterocycles. The first-order valence-electron chi connectivity index (χ1n) is 8.92. The maximum absolute atomic E-state index is 12.7. The van der Waals surface area contributed by atoms with Gasteiger partial charge in [-0.2, -0.15) is 0 Å². The van der Waals surface area contributed by atoms with Crippen molar-refractivity contribution in [3.8, 4) is 5.75 Å². The molecule has 1 unspecified atom stereocenters. The molecule has 1 atom stereocenters. The Labute approximate surface area is 176 Å². The van der Waals surface area contributed by atoms with Gasteiger partial charge in [-0.15, -0.1) is 13.2 Å². The number of hydrogen-bond acceptors (Lipinski definition) is 3. The molecule has 0 bridgehead atoms. The Morgan fingerprint density at radius 2 is 1.97 bits per heavy atom. The lowest BCUT2D eigenvalue weighted by molar-refractivity contribution is -0.274. The number of carbonyl (C=O) groups excluding carboxylic acids is 1.